The predicted molar refractivity (Wildman–Crippen MR) is 158 cm³/mol. The highest BCUT2D eigenvalue weighted by Crippen LogP contribution is 2.46. The van der Waals surface area contributed by atoms with Crippen LogP contribution in [0, 0.1) is 0 Å². The minimum Gasteiger partial charge on any atom is -0.543 e. The van der Waals surface area contributed by atoms with Gasteiger partial charge in [-0.05, 0) is 36.6 Å². The molecule has 0 aromatic carbocycles. The van der Waals surface area contributed by atoms with Crippen molar-refractivity contribution in [2.45, 2.75) is 35.2 Å². The molecule has 3 aromatic heterocycles. The van der Waals surface area contributed by atoms with Gasteiger partial charge in [0.1, 0.15) is 22.9 Å². The number of pyridine rings is 1. The highest BCUT2D eigenvalue weighted by atomic mass is 32.2. The van der Waals surface area contributed by atoms with E-state index in [4.69, 9.17) is 9.57 Å². The molecule has 2 amide bonds. The molecule has 1 fully saturated rings. The van der Waals surface area contributed by atoms with Gasteiger partial charge in [0, 0.05) is 17.5 Å². The van der Waals surface area contributed by atoms with Crippen LogP contribution in [0.3, 0.4) is 0 Å². The van der Waals surface area contributed by atoms with Crippen molar-refractivity contribution in [1.82, 2.24) is 20.4 Å². The van der Waals surface area contributed by atoms with Crippen LogP contribution in [0.5, 0.6) is 0 Å². The van der Waals surface area contributed by atoms with Crippen LogP contribution < -0.4 is 20.3 Å². The number of oxime groups is 1. The van der Waals surface area contributed by atoms with Crippen LogP contribution in [-0.2, 0) is 35.3 Å². The third kappa shape index (κ3) is 5.77. The van der Waals surface area contributed by atoms with Crippen LogP contribution >= 0.6 is 34.9 Å². The lowest BCUT2D eigenvalue weighted by Crippen LogP contribution is -2.71. The molecule has 17 heteroatoms. The number of fused-ring (bicyclic) bond motifs is 2. The number of H-pyrrole nitrogens is 1. The van der Waals surface area contributed by atoms with E-state index >= 15 is 0 Å². The number of nitrogens with zero attached hydrogens (tertiary/aromatic N) is 4. The average molecular weight is 656 g/mol. The van der Waals surface area contributed by atoms with E-state index in [1.165, 1.54) is 28.9 Å². The largest absolute Gasteiger partial charge is 0.543 e. The lowest BCUT2D eigenvalue weighted by atomic mass is 10.0. The third-order valence-electron chi connectivity index (χ3n) is 6.85. The molecule has 0 radical (unpaired) electrons. The second-order valence-corrected chi connectivity index (χ2v) is 12.8. The van der Waals surface area contributed by atoms with Gasteiger partial charge >= 0.3 is 5.97 Å². The SMILES string of the molecule is CCOC(=O)CON=C(C(=O)NC1C(=O)N2C(C(=O)[O-])=C(C[n+]3cccc4c3NC(c3cccs3)S4)CS[C@H]12)c1ccn[nH]1. The van der Waals surface area contributed by atoms with Crippen LogP contribution in [0.15, 0.2) is 69.4 Å². The number of esters is 1. The van der Waals surface area contributed by atoms with Gasteiger partial charge in [-0.15, -0.1) is 23.1 Å². The highest BCUT2D eigenvalue weighted by Gasteiger charge is 2.53. The van der Waals surface area contributed by atoms with E-state index in [-0.39, 0.29) is 35.6 Å². The Bertz CT molecular complexity index is 1660. The number of carbonyl (C=O) groups excluding carboxylic acids is 4. The number of aromatic nitrogens is 3. The number of thioether (sulfide) groups is 2. The smallest absolute Gasteiger partial charge is 0.347 e. The Labute approximate surface area is 262 Å². The summed E-state index contributed by atoms with van der Waals surface area (Å²) >= 11 is 4.67. The number of nitrogens with one attached hydrogen (secondary N) is 3. The number of rotatable bonds is 11. The molecule has 3 aliphatic heterocycles. The van der Waals surface area contributed by atoms with E-state index < -0.39 is 41.8 Å². The van der Waals surface area contributed by atoms with E-state index in [1.807, 2.05) is 34.3 Å². The van der Waals surface area contributed by atoms with Gasteiger partial charge in [0.25, 0.3) is 17.6 Å². The van der Waals surface area contributed by atoms with Gasteiger partial charge in [-0.3, -0.25) is 24.9 Å². The Kier molecular flexibility index (Phi) is 8.58. The number of amides is 2. The van der Waals surface area contributed by atoms with Crippen molar-refractivity contribution in [3.8, 4) is 0 Å². The molecule has 6 heterocycles. The summed E-state index contributed by atoms with van der Waals surface area (Å²) in [5.41, 5.74) is 0.247. The molecule has 0 spiro atoms. The number of hydrogen-bond acceptors (Lipinski definition) is 13. The van der Waals surface area contributed by atoms with Gasteiger partial charge in [0.05, 0.1) is 35.0 Å². The summed E-state index contributed by atoms with van der Waals surface area (Å²) in [7, 11) is 0. The molecular weight excluding hydrogens is 631 g/mol. The molecule has 2 unspecified atom stereocenters. The van der Waals surface area contributed by atoms with Gasteiger partial charge in [-0.2, -0.15) is 5.10 Å². The molecule has 0 aliphatic carbocycles. The predicted octanol–water partition coefficient (Wildman–Crippen LogP) is 0.363. The molecular formula is C27H25N7O7S3. The van der Waals surface area contributed by atoms with Crippen LogP contribution in [0.4, 0.5) is 5.82 Å². The second-order valence-electron chi connectivity index (χ2n) is 9.60. The Morgan fingerprint density at radius 1 is 1.27 bits per heavy atom. The Hall–Kier alpha value is -4.35. The van der Waals surface area contributed by atoms with E-state index in [9.17, 15) is 24.3 Å². The fourth-order valence-electron chi connectivity index (χ4n) is 4.92. The zero-order chi connectivity index (χ0) is 30.8. The van der Waals surface area contributed by atoms with E-state index in [2.05, 4.69) is 32.1 Å². The number of thiophene rings is 1. The summed E-state index contributed by atoms with van der Waals surface area (Å²) < 4.78 is 6.72. The minimum atomic E-state index is -1.47. The molecule has 228 valence electrons. The summed E-state index contributed by atoms with van der Waals surface area (Å²) in [5.74, 6) is -2.35. The number of aliphatic carboxylic acids is 1. The quantitative estimate of drug-likeness (QED) is 0.0853. The molecule has 3 aromatic rings. The van der Waals surface area contributed by atoms with Crippen molar-refractivity contribution < 1.29 is 38.4 Å². The minimum absolute atomic E-state index is 0.0467. The first kappa shape index (κ1) is 29.7. The molecule has 1 saturated heterocycles. The number of anilines is 1. The number of ether oxygens (including phenoxy) is 1. The number of β-lactam (4-membered cyclic amide) rings is 1. The summed E-state index contributed by atoms with van der Waals surface area (Å²) in [6.45, 7) is 1.50. The van der Waals surface area contributed by atoms with Crippen molar-refractivity contribution in [2.75, 3.05) is 24.3 Å². The maximum Gasteiger partial charge on any atom is 0.347 e. The Morgan fingerprint density at radius 3 is 2.86 bits per heavy atom. The molecule has 44 heavy (non-hydrogen) atoms. The van der Waals surface area contributed by atoms with E-state index in [0.717, 1.165) is 15.6 Å². The number of carboxylic acids is 1. The highest BCUT2D eigenvalue weighted by molar-refractivity contribution is 8.00. The lowest BCUT2D eigenvalue weighted by molar-refractivity contribution is -0.676. The Morgan fingerprint density at radius 2 is 2.14 bits per heavy atom. The summed E-state index contributed by atoms with van der Waals surface area (Å²) in [4.78, 5) is 58.8. The monoisotopic (exact) mass is 655 g/mol. The Balaban J connectivity index is 1.18. The average Bonchev–Trinajstić information content (AvgIpc) is 3.80. The van der Waals surface area contributed by atoms with E-state index in [1.54, 1.807) is 30.0 Å². The van der Waals surface area contributed by atoms with E-state index in [0.29, 0.717) is 11.3 Å². The number of carbonyl (C=O) groups is 4. The number of carboxylic acid groups (broad SMARTS) is 1. The van der Waals surface area contributed by atoms with Crippen molar-refractivity contribution in [3.05, 3.63) is 69.9 Å². The van der Waals surface area contributed by atoms with Crippen molar-refractivity contribution in [2.24, 2.45) is 5.16 Å². The third-order valence-corrected chi connectivity index (χ3v) is 10.5. The molecule has 0 saturated carbocycles. The normalized spacial score (nSPS) is 20.8. The first-order valence-electron chi connectivity index (χ1n) is 13.4. The van der Waals surface area contributed by atoms with Crippen molar-refractivity contribution >= 4 is 70.1 Å². The van der Waals surface area contributed by atoms with Crippen LogP contribution in [0.2, 0.25) is 0 Å². The molecule has 3 N–H and O–H groups in total. The molecule has 3 aliphatic rings. The molecule has 0 bridgehead atoms. The van der Waals surface area contributed by atoms with Crippen molar-refractivity contribution in [3.63, 3.8) is 0 Å². The lowest BCUT2D eigenvalue weighted by Gasteiger charge is -2.50. The zero-order valence-corrected chi connectivity index (χ0v) is 25.5. The fraction of sp³-hybridized carbons (Fsp3) is 0.296. The van der Waals surface area contributed by atoms with Gasteiger partial charge in [0.15, 0.2) is 11.1 Å². The first-order valence-corrected chi connectivity index (χ1v) is 16.2. The molecule has 3 atom stereocenters. The molecule has 14 nitrogen and oxygen atoms in total. The van der Waals surface area contributed by atoms with Crippen molar-refractivity contribution in [1.29, 1.82) is 0 Å². The summed E-state index contributed by atoms with van der Waals surface area (Å²) in [5, 5.41) is 30.1. The van der Waals surface area contributed by atoms with Crippen LogP contribution in [0.25, 0.3) is 0 Å². The molecule has 6 rings (SSSR count). The first-order chi connectivity index (χ1) is 21.4. The maximum absolute atomic E-state index is 13.3. The topological polar surface area (TPSA) is 182 Å². The fourth-order valence-corrected chi connectivity index (χ4v) is 8.29. The number of hydrogen-bond donors (Lipinski definition) is 3. The van der Waals surface area contributed by atoms with Crippen LogP contribution in [-0.4, -0.2) is 74.9 Å². The summed E-state index contributed by atoms with van der Waals surface area (Å²) in [6.07, 6.45) is 3.26. The zero-order valence-electron chi connectivity index (χ0n) is 23.1. The number of aromatic amines is 1. The van der Waals surface area contributed by atoms with Gasteiger partial charge in [-0.25, -0.2) is 9.36 Å². The standard InChI is InChI=1S/C27H25N7O7S3/c1-2-40-18(35)12-41-32-19(15-7-8-28-31-15)23(36)29-20-25(37)34-21(27(38)39)14(13-43-26(20)34)11-33-9-3-5-16-22(33)30-24(44-16)17-6-4-10-42-17/h3-10,20,24,26H,2,11-13H2,1H3,(H3,28,29,31,32,36,38,39)/t20?,24?,26-/m1/s1. The maximum atomic E-state index is 13.3. The van der Waals surface area contributed by atoms with Gasteiger partial charge < -0.3 is 24.8 Å². The van der Waals surface area contributed by atoms with Gasteiger partial charge in [0.2, 0.25) is 6.61 Å². The second kappa shape index (κ2) is 12.7. The van der Waals surface area contributed by atoms with Gasteiger partial charge in [-0.1, -0.05) is 23.0 Å². The summed E-state index contributed by atoms with van der Waals surface area (Å²) in [6, 6.07) is 8.40. The van der Waals surface area contributed by atoms with Crippen LogP contribution in [0.1, 0.15) is 22.9 Å².